The van der Waals surface area contributed by atoms with E-state index in [1.54, 1.807) is 11.3 Å². The number of nitrogens with zero attached hydrogens (tertiary/aromatic N) is 1. The third-order valence-corrected chi connectivity index (χ3v) is 5.49. The van der Waals surface area contributed by atoms with Gasteiger partial charge in [0.2, 0.25) is 0 Å². The fraction of sp³-hybridized carbons (Fsp3) is 0.615. The van der Waals surface area contributed by atoms with Gasteiger partial charge >= 0.3 is 0 Å². The Morgan fingerprint density at radius 1 is 1.44 bits per heavy atom. The molecule has 0 spiro atoms. The Balaban J connectivity index is 1.58. The van der Waals surface area contributed by atoms with E-state index in [4.69, 9.17) is 0 Å². The second-order valence-corrected chi connectivity index (χ2v) is 7.46. The van der Waals surface area contributed by atoms with E-state index in [2.05, 4.69) is 26.1 Å². The number of amides is 1. The fourth-order valence-electron chi connectivity index (χ4n) is 3.05. The van der Waals surface area contributed by atoms with Gasteiger partial charge in [0.25, 0.3) is 5.91 Å². The molecule has 0 saturated carbocycles. The quantitative estimate of drug-likeness (QED) is 0.905. The smallest absolute Gasteiger partial charge is 0.252 e. The summed E-state index contributed by atoms with van der Waals surface area (Å²) in [6, 6.07) is 2.96. The van der Waals surface area contributed by atoms with E-state index in [1.165, 1.54) is 19.4 Å². The molecule has 1 N–H and O–H groups in total. The number of piperidine rings is 1. The summed E-state index contributed by atoms with van der Waals surface area (Å²) in [7, 11) is 0. The molecule has 18 heavy (non-hydrogen) atoms. The first kappa shape index (κ1) is 12.6. The van der Waals surface area contributed by atoms with Gasteiger partial charge < -0.3 is 10.2 Å². The summed E-state index contributed by atoms with van der Waals surface area (Å²) >= 11 is 4.95. The van der Waals surface area contributed by atoms with E-state index in [0.29, 0.717) is 12.1 Å². The van der Waals surface area contributed by atoms with Crippen LogP contribution in [0.1, 0.15) is 36.0 Å². The van der Waals surface area contributed by atoms with Crippen LogP contribution in [0.25, 0.3) is 0 Å². The Morgan fingerprint density at radius 3 is 3.11 bits per heavy atom. The summed E-state index contributed by atoms with van der Waals surface area (Å²) in [6.45, 7) is 2.39. The summed E-state index contributed by atoms with van der Waals surface area (Å²) < 4.78 is 1.01. The van der Waals surface area contributed by atoms with Crippen LogP contribution < -0.4 is 5.32 Å². The third-order valence-electron chi connectivity index (χ3n) is 3.99. The SMILES string of the molecule is O=C(NC1CCN2CCCC2C1)c1csc(Br)c1. The largest absolute Gasteiger partial charge is 0.349 e. The number of carbonyl (C=O) groups excluding carboxylic acids is 1. The lowest BCUT2D eigenvalue weighted by Gasteiger charge is -2.35. The molecule has 2 unspecified atom stereocenters. The molecule has 0 aliphatic carbocycles. The molecule has 2 fully saturated rings. The highest BCUT2D eigenvalue weighted by atomic mass is 79.9. The molecule has 3 rings (SSSR count). The number of hydrogen-bond acceptors (Lipinski definition) is 3. The molecule has 1 aromatic rings. The highest BCUT2D eigenvalue weighted by Crippen LogP contribution is 2.27. The maximum absolute atomic E-state index is 12.1. The van der Waals surface area contributed by atoms with Crippen LogP contribution in [-0.2, 0) is 0 Å². The van der Waals surface area contributed by atoms with Crippen LogP contribution in [0.3, 0.4) is 0 Å². The van der Waals surface area contributed by atoms with Crippen LogP contribution in [0.5, 0.6) is 0 Å². The zero-order valence-electron chi connectivity index (χ0n) is 10.2. The van der Waals surface area contributed by atoms with Crippen LogP contribution in [0.4, 0.5) is 0 Å². The molecule has 3 heterocycles. The minimum absolute atomic E-state index is 0.0772. The van der Waals surface area contributed by atoms with Crippen molar-refractivity contribution in [2.24, 2.45) is 0 Å². The van der Waals surface area contributed by atoms with Gasteiger partial charge in [0.05, 0.1) is 9.35 Å². The van der Waals surface area contributed by atoms with Crippen molar-refractivity contribution in [3.05, 3.63) is 20.8 Å². The van der Waals surface area contributed by atoms with Gasteiger partial charge in [-0.3, -0.25) is 4.79 Å². The van der Waals surface area contributed by atoms with Gasteiger partial charge in [-0.05, 0) is 54.2 Å². The van der Waals surface area contributed by atoms with Gasteiger partial charge in [0, 0.05) is 24.0 Å². The molecule has 0 aromatic carbocycles. The van der Waals surface area contributed by atoms with Gasteiger partial charge in [-0.1, -0.05) is 0 Å². The van der Waals surface area contributed by atoms with Crippen LogP contribution in [-0.4, -0.2) is 36.0 Å². The predicted molar refractivity (Wildman–Crippen MR) is 77.1 cm³/mol. The van der Waals surface area contributed by atoms with Crippen LogP contribution in [0.2, 0.25) is 0 Å². The van der Waals surface area contributed by atoms with Gasteiger partial charge in [-0.2, -0.15) is 0 Å². The lowest BCUT2D eigenvalue weighted by molar-refractivity contribution is 0.0896. The Bertz CT molecular complexity index is 448. The number of fused-ring (bicyclic) bond motifs is 1. The van der Waals surface area contributed by atoms with Crippen LogP contribution >= 0.6 is 27.3 Å². The normalized spacial score (nSPS) is 28.1. The second-order valence-electron chi connectivity index (χ2n) is 5.17. The molecule has 1 aromatic heterocycles. The van der Waals surface area contributed by atoms with E-state index < -0.39 is 0 Å². The van der Waals surface area contributed by atoms with E-state index in [1.807, 2.05) is 11.4 Å². The third kappa shape index (κ3) is 2.63. The van der Waals surface area contributed by atoms with Gasteiger partial charge in [-0.15, -0.1) is 11.3 Å². The van der Waals surface area contributed by atoms with Crippen molar-refractivity contribution in [1.82, 2.24) is 10.2 Å². The fourth-order valence-corrected chi connectivity index (χ4v) is 4.19. The zero-order chi connectivity index (χ0) is 12.5. The molecule has 5 heteroatoms. The highest BCUT2D eigenvalue weighted by Gasteiger charge is 2.32. The lowest BCUT2D eigenvalue weighted by Crippen LogP contribution is -2.47. The number of rotatable bonds is 2. The summed E-state index contributed by atoms with van der Waals surface area (Å²) in [5.41, 5.74) is 0.778. The minimum Gasteiger partial charge on any atom is -0.349 e. The van der Waals surface area contributed by atoms with Crippen molar-refractivity contribution in [3.8, 4) is 0 Å². The van der Waals surface area contributed by atoms with E-state index in [-0.39, 0.29) is 5.91 Å². The molecule has 98 valence electrons. The number of nitrogens with one attached hydrogen (secondary N) is 1. The second kappa shape index (κ2) is 5.31. The summed E-state index contributed by atoms with van der Waals surface area (Å²) in [5.74, 6) is 0.0772. The molecule has 2 aliphatic heterocycles. The topological polar surface area (TPSA) is 32.3 Å². The summed E-state index contributed by atoms with van der Waals surface area (Å²) in [6.07, 6.45) is 4.84. The van der Waals surface area contributed by atoms with E-state index >= 15 is 0 Å². The van der Waals surface area contributed by atoms with Crippen molar-refractivity contribution in [2.75, 3.05) is 13.1 Å². The maximum atomic E-state index is 12.1. The maximum Gasteiger partial charge on any atom is 0.252 e. The summed E-state index contributed by atoms with van der Waals surface area (Å²) in [4.78, 5) is 14.7. The number of carbonyl (C=O) groups is 1. The molecule has 2 aliphatic rings. The van der Waals surface area contributed by atoms with Crippen LogP contribution in [0, 0.1) is 0 Å². The van der Waals surface area contributed by atoms with E-state index in [9.17, 15) is 4.79 Å². The average molecular weight is 329 g/mol. The standard InChI is InChI=1S/C13H17BrN2OS/c14-12-6-9(8-18-12)13(17)15-10-3-5-16-4-1-2-11(16)7-10/h6,8,10-11H,1-5,7H2,(H,15,17). The number of thiophene rings is 1. The molecule has 2 atom stereocenters. The van der Waals surface area contributed by atoms with E-state index in [0.717, 1.165) is 28.7 Å². The zero-order valence-corrected chi connectivity index (χ0v) is 12.6. The Hall–Kier alpha value is -0.390. The van der Waals surface area contributed by atoms with Gasteiger partial charge in [0.1, 0.15) is 0 Å². The highest BCUT2D eigenvalue weighted by molar-refractivity contribution is 9.11. The first-order valence-corrected chi connectivity index (χ1v) is 8.18. The van der Waals surface area contributed by atoms with Gasteiger partial charge in [-0.25, -0.2) is 0 Å². The lowest BCUT2D eigenvalue weighted by atomic mass is 9.97. The predicted octanol–water partition coefficient (Wildman–Crippen LogP) is 2.87. The average Bonchev–Trinajstić information content (AvgIpc) is 2.96. The first-order chi connectivity index (χ1) is 8.72. The van der Waals surface area contributed by atoms with Gasteiger partial charge in [0.15, 0.2) is 0 Å². The molecule has 2 saturated heterocycles. The van der Waals surface area contributed by atoms with Crippen molar-refractivity contribution in [2.45, 2.75) is 37.8 Å². The molecule has 3 nitrogen and oxygen atoms in total. The number of hydrogen-bond donors (Lipinski definition) is 1. The molecular formula is C13H17BrN2OS. The summed E-state index contributed by atoms with van der Waals surface area (Å²) in [5, 5.41) is 5.09. The Morgan fingerprint density at radius 2 is 2.33 bits per heavy atom. The molecule has 0 bridgehead atoms. The number of halogens is 1. The minimum atomic E-state index is 0.0772. The molecule has 0 radical (unpaired) electrons. The Kier molecular flexibility index (Phi) is 3.73. The monoisotopic (exact) mass is 328 g/mol. The van der Waals surface area contributed by atoms with Crippen molar-refractivity contribution in [1.29, 1.82) is 0 Å². The molecular weight excluding hydrogens is 312 g/mol. The van der Waals surface area contributed by atoms with Crippen molar-refractivity contribution in [3.63, 3.8) is 0 Å². The Labute approximate surface area is 120 Å². The first-order valence-electron chi connectivity index (χ1n) is 6.51. The van der Waals surface area contributed by atoms with Crippen molar-refractivity contribution >= 4 is 33.2 Å². The van der Waals surface area contributed by atoms with Crippen LogP contribution in [0.15, 0.2) is 15.2 Å². The van der Waals surface area contributed by atoms with Crippen molar-refractivity contribution < 1.29 is 4.79 Å². The molecule has 1 amide bonds.